The molecule has 0 radical (unpaired) electrons. The van der Waals surface area contributed by atoms with Gasteiger partial charge in [-0.1, -0.05) is 55.4 Å². The molecule has 26 heteroatoms. The number of cyclic esters (lactones) is 1. The molecular weight excluding hydrogens is 1600 g/mol. The number of carbonyl (C=O) groups is 12. The first-order valence-electron chi connectivity index (χ1n) is 47.6. The second-order valence-electron chi connectivity index (χ2n) is 44.0. The standard InChI is InChI=1S/C15H22O4.2C15H20O2.C14H20O4.C13H18O5.C13H18O4S.2C6H12O2/c1-5-14(2,3)12(16)18-10-8-6-9-11(10)19-13(17)15(9,4)7-8;16-14-15(3-4-17-14)7-10-6-11(15)13-9-2-1-8(5-9)12(10)13;16-12-3-4-15(17-12)7-10-6-11(15)14-9-2-1-8(5-9)13(10)14;1-4-14(2,3)13(16)18-10-7-5-8-9(6-7)12(15)17-11(8)10;1-4-13(2,3)12(15)18-9-7-5-6-8(16-7)10(9)17-11(6)14;1-4-13(2,3)12(15)17-8-7-5-6-10(18-7)9(8)16-11(6)14;2*1-4-5(2)6(7)8-3/h8-11H,5-7H2,1-4H3;8-13H,1-7H2;8-11,13-14H,1-7H2;7-11H,4-6H2,1-3H3;2*6-10H,4-5H2,1-3H3;2*5H,4H2,1-3H3. The molecule has 2 spiro atoms. The van der Waals surface area contributed by atoms with Crippen molar-refractivity contribution in [3.05, 3.63) is 0 Å². The number of carbonyl (C=O) groups excluding carboxylic acids is 12. The predicted octanol–water partition coefficient (Wildman–Crippen LogP) is 14.8. The molecule has 0 aromatic rings. The maximum atomic E-state index is 12.2. The molecule has 10 heterocycles. The van der Waals surface area contributed by atoms with Crippen molar-refractivity contribution in [3.8, 4) is 0 Å². The monoisotopic (exact) mass is 1740 g/mol. The van der Waals surface area contributed by atoms with Crippen LogP contribution in [0.2, 0.25) is 0 Å². The van der Waals surface area contributed by atoms with E-state index in [-0.39, 0.29) is 183 Å². The first-order chi connectivity index (χ1) is 58.1. The van der Waals surface area contributed by atoms with Crippen molar-refractivity contribution in [2.24, 2.45) is 157 Å². The SMILES string of the molecule is CCC(C)(C)C(=O)OC1C2CC3C(=O)OC1C3C2.CCC(C)(C)C(=O)OC1C2CC3C(=O)OC1C3O2.CCC(C)(C)C(=O)OC1C2CC3C(=O)OC1C3S2.CCC(C)(C)C(=O)OC1C2CC3C1OC(=O)C3(C)C2.CCC(C)C(=O)OC.CCC(C)C(=O)OC.O=C1CCC2(CC3CC2C2C4CCC(C4)C32)O1.O=C1OCCC12CC1CC2C2C3CCC(C3)C12. The highest BCUT2D eigenvalue weighted by atomic mass is 32.2. The molecule has 36 unspecified atom stereocenters. The lowest BCUT2D eigenvalue weighted by atomic mass is 9.60. The van der Waals surface area contributed by atoms with E-state index in [1.54, 1.807) is 11.8 Å². The average Bonchev–Trinajstić information content (AvgIpc) is 1.37. The Kier molecular flexibility index (Phi) is 25.7. The molecule has 123 heavy (non-hydrogen) atoms. The predicted molar refractivity (Wildman–Crippen MR) is 446 cm³/mol. The van der Waals surface area contributed by atoms with Gasteiger partial charge in [0, 0.05) is 41.3 Å². The van der Waals surface area contributed by atoms with Gasteiger partial charge in [-0.2, -0.15) is 0 Å². The number of esters is 12. The molecule has 0 aromatic carbocycles. The summed E-state index contributed by atoms with van der Waals surface area (Å²) in [6.45, 7) is 33.3. The molecule has 12 aliphatic carbocycles. The summed E-state index contributed by atoms with van der Waals surface area (Å²) in [7, 11) is 2.82. The minimum atomic E-state index is -0.510. The van der Waals surface area contributed by atoms with Crippen LogP contribution in [0.3, 0.4) is 0 Å². The average molecular weight is 1740 g/mol. The number of thioether (sulfide) groups is 1. The molecule has 22 rings (SSSR count). The van der Waals surface area contributed by atoms with Crippen molar-refractivity contribution in [2.45, 2.75) is 355 Å². The van der Waals surface area contributed by atoms with E-state index >= 15 is 0 Å². The van der Waals surface area contributed by atoms with Crippen LogP contribution >= 0.6 is 11.8 Å². The van der Waals surface area contributed by atoms with Crippen LogP contribution in [0.15, 0.2) is 0 Å². The number of hydrogen-bond donors (Lipinski definition) is 0. The highest BCUT2D eigenvalue weighted by Crippen LogP contribution is 2.75. The van der Waals surface area contributed by atoms with Gasteiger partial charge < -0.3 is 61.6 Å². The summed E-state index contributed by atoms with van der Waals surface area (Å²) in [5, 5.41) is 0.457. The van der Waals surface area contributed by atoms with Gasteiger partial charge in [0.1, 0.15) is 36.1 Å². The van der Waals surface area contributed by atoms with Gasteiger partial charge in [-0.25, -0.2) is 0 Å². The summed E-state index contributed by atoms with van der Waals surface area (Å²) < 4.78 is 69.8. The lowest BCUT2D eigenvalue weighted by molar-refractivity contribution is -0.170. The van der Waals surface area contributed by atoms with Crippen LogP contribution in [0, 0.1) is 157 Å². The fourth-order valence-corrected chi connectivity index (χ4v) is 29.1. The number of hydrogen-bond acceptors (Lipinski definition) is 26. The largest absolute Gasteiger partial charge is 0.469 e. The Hall–Kier alpha value is -6.05. The van der Waals surface area contributed by atoms with Gasteiger partial charge in [0.2, 0.25) is 0 Å². The van der Waals surface area contributed by atoms with E-state index in [9.17, 15) is 57.5 Å². The second kappa shape index (κ2) is 34.4. The van der Waals surface area contributed by atoms with E-state index in [0.29, 0.717) is 49.5 Å². The highest BCUT2D eigenvalue weighted by Gasteiger charge is 2.74. The molecule has 22 aliphatic rings. The molecular formula is C97H142O25S. The fourth-order valence-electron chi connectivity index (χ4n) is 27.3. The molecule has 10 saturated heterocycles. The van der Waals surface area contributed by atoms with Gasteiger partial charge in [-0.15, -0.1) is 11.8 Å². The Morgan fingerprint density at radius 2 is 0.927 bits per heavy atom. The summed E-state index contributed by atoms with van der Waals surface area (Å²) in [5.41, 5.74) is -2.20. The van der Waals surface area contributed by atoms with Crippen LogP contribution in [0.5, 0.6) is 0 Å². The summed E-state index contributed by atoms with van der Waals surface area (Å²) >= 11 is 1.76. The molecule has 36 atom stereocenters. The summed E-state index contributed by atoms with van der Waals surface area (Å²) in [6, 6.07) is 0. The van der Waals surface area contributed by atoms with Crippen LogP contribution in [-0.4, -0.2) is 170 Å². The van der Waals surface area contributed by atoms with Gasteiger partial charge >= 0.3 is 71.6 Å². The van der Waals surface area contributed by atoms with Crippen molar-refractivity contribution < 1.29 is 119 Å². The molecule has 25 nitrogen and oxygen atoms in total. The van der Waals surface area contributed by atoms with E-state index in [4.69, 9.17) is 52.1 Å². The van der Waals surface area contributed by atoms with E-state index in [0.717, 1.165) is 142 Å². The van der Waals surface area contributed by atoms with Crippen LogP contribution in [-0.2, 0) is 119 Å². The third-order valence-electron chi connectivity index (χ3n) is 36.2. The van der Waals surface area contributed by atoms with Crippen molar-refractivity contribution in [3.63, 3.8) is 0 Å². The zero-order chi connectivity index (χ0) is 88.8. The highest BCUT2D eigenvalue weighted by molar-refractivity contribution is 8.01. The zero-order valence-electron chi connectivity index (χ0n) is 76.6. The van der Waals surface area contributed by atoms with Crippen LogP contribution in [0.25, 0.3) is 0 Å². The lowest BCUT2D eigenvalue weighted by Crippen LogP contribution is -2.44. The number of ether oxygens (including phenoxy) is 13. The van der Waals surface area contributed by atoms with E-state index < -0.39 is 33.9 Å². The lowest BCUT2D eigenvalue weighted by Gasteiger charge is -2.43. The van der Waals surface area contributed by atoms with Gasteiger partial charge in [0.05, 0.1) is 94.3 Å². The molecule has 22 fully saturated rings. The smallest absolute Gasteiger partial charge is 0.312 e. The Morgan fingerprint density at radius 3 is 1.44 bits per heavy atom. The van der Waals surface area contributed by atoms with Crippen LogP contribution < -0.4 is 0 Å². The maximum Gasteiger partial charge on any atom is 0.312 e. The van der Waals surface area contributed by atoms with Crippen molar-refractivity contribution in [1.82, 2.24) is 0 Å². The normalized spacial score (nSPS) is 43.7. The maximum absolute atomic E-state index is 12.2. The molecule has 686 valence electrons. The van der Waals surface area contributed by atoms with E-state index in [1.807, 2.05) is 118 Å². The third-order valence-corrected chi connectivity index (χ3v) is 37.9. The Bertz CT molecular complexity index is 3870. The van der Waals surface area contributed by atoms with Crippen molar-refractivity contribution in [1.29, 1.82) is 0 Å². The van der Waals surface area contributed by atoms with Gasteiger partial charge in [0.15, 0.2) is 24.4 Å². The van der Waals surface area contributed by atoms with E-state index in [1.165, 1.54) is 78.4 Å². The van der Waals surface area contributed by atoms with Gasteiger partial charge in [-0.05, 0) is 282 Å². The molecule has 0 N–H and O–H groups in total. The first-order valence-corrected chi connectivity index (χ1v) is 48.6. The Labute approximate surface area is 731 Å². The van der Waals surface area contributed by atoms with Crippen LogP contribution in [0.4, 0.5) is 0 Å². The Balaban J connectivity index is 0.000000111. The summed E-state index contributed by atoms with van der Waals surface area (Å²) in [6.07, 6.45) is 24.1. The minimum absolute atomic E-state index is 0.00366. The molecule has 0 amide bonds. The topological polar surface area (TPSA) is 325 Å². The van der Waals surface area contributed by atoms with Crippen molar-refractivity contribution >= 4 is 83.4 Å². The second-order valence-corrected chi connectivity index (χ2v) is 45.4. The fraction of sp³-hybridized carbons (Fsp3) is 0.876. The summed E-state index contributed by atoms with van der Waals surface area (Å²) in [4.78, 5) is 140. The molecule has 0 aromatic heterocycles. The third kappa shape index (κ3) is 16.0. The minimum Gasteiger partial charge on any atom is -0.469 e. The van der Waals surface area contributed by atoms with Gasteiger partial charge in [-0.3, -0.25) is 57.5 Å². The Morgan fingerprint density at radius 1 is 0.447 bits per heavy atom. The number of methoxy groups -OCH3 is 2. The molecule has 10 aliphatic heterocycles. The summed E-state index contributed by atoms with van der Waals surface area (Å²) in [5.74, 6) is 11.2. The first kappa shape index (κ1) is 91.7. The number of fused-ring (bicyclic) bond motifs is 24. The van der Waals surface area contributed by atoms with Crippen molar-refractivity contribution in [2.75, 3.05) is 20.8 Å². The quantitative estimate of drug-likeness (QED) is 0.0787. The zero-order valence-corrected chi connectivity index (χ0v) is 77.4. The molecule has 12 saturated carbocycles. The van der Waals surface area contributed by atoms with E-state index in [2.05, 4.69) is 9.47 Å². The molecule has 16 bridgehead atoms. The number of rotatable bonds is 16. The van der Waals surface area contributed by atoms with Crippen LogP contribution in [0.1, 0.15) is 278 Å². The van der Waals surface area contributed by atoms with Gasteiger partial charge in [0.25, 0.3) is 0 Å².